The van der Waals surface area contributed by atoms with Crippen LogP contribution >= 0.6 is 0 Å². The molecule has 1 aliphatic heterocycles. The highest BCUT2D eigenvalue weighted by molar-refractivity contribution is 7.89. The summed E-state index contributed by atoms with van der Waals surface area (Å²) >= 11 is 0. The Kier molecular flexibility index (Phi) is 4.10. The molecule has 2 heterocycles. The van der Waals surface area contributed by atoms with E-state index in [4.69, 9.17) is 5.14 Å². The quantitative estimate of drug-likeness (QED) is 0.890. The SMILES string of the molecule is NS(=O)(=O)CC1CC(=O)N(c2cnc(-c3ccccc3)cn2)C1. The number of rotatable bonds is 4. The number of carbonyl (C=O) groups is 1. The molecule has 1 amide bonds. The third-order valence-corrected chi connectivity index (χ3v) is 4.59. The third-order valence-electron chi connectivity index (χ3n) is 3.66. The largest absolute Gasteiger partial charge is 0.295 e. The minimum atomic E-state index is -3.59. The van der Waals surface area contributed by atoms with Gasteiger partial charge in [0.2, 0.25) is 15.9 Å². The van der Waals surface area contributed by atoms with Crippen molar-refractivity contribution in [1.29, 1.82) is 0 Å². The van der Waals surface area contributed by atoms with Crippen molar-refractivity contribution in [2.75, 3.05) is 17.2 Å². The first kappa shape index (κ1) is 15.6. The molecule has 0 spiro atoms. The van der Waals surface area contributed by atoms with Crippen molar-refractivity contribution in [3.05, 3.63) is 42.7 Å². The fourth-order valence-corrected chi connectivity index (χ4v) is 3.54. The monoisotopic (exact) mass is 332 g/mol. The number of aromatic nitrogens is 2. The van der Waals surface area contributed by atoms with Crippen molar-refractivity contribution in [2.24, 2.45) is 11.1 Å². The first-order chi connectivity index (χ1) is 10.9. The summed E-state index contributed by atoms with van der Waals surface area (Å²) in [6.45, 7) is 0.286. The molecule has 0 saturated carbocycles. The summed E-state index contributed by atoms with van der Waals surface area (Å²) in [6, 6.07) is 9.58. The fourth-order valence-electron chi connectivity index (χ4n) is 2.66. The molecule has 120 valence electrons. The molecule has 23 heavy (non-hydrogen) atoms. The van der Waals surface area contributed by atoms with Gasteiger partial charge in [-0.1, -0.05) is 30.3 Å². The second-order valence-electron chi connectivity index (χ2n) is 5.53. The number of carbonyl (C=O) groups excluding carboxylic acids is 1. The summed E-state index contributed by atoms with van der Waals surface area (Å²) in [5.41, 5.74) is 1.65. The Morgan fingerprint density at radius 1 is 1.17 bits per heavy atom. The molecule has 1 aromatic heterocycles. The van der Waals surface area contributed by atoms with Gasteiger partial charge in [-0.05, 0) is 0 Å². The maximum Gasteiger partial charge on any atom is 0.228 e. The number of amides is 1. The Labute approximate surface area is 134 Å². The van der Waals surface area contributed by atoms with E-state index >= 15 is 0 Å². The molecule has 2 aromatic rings. The lowest BCUT2D eigenvalue weighted by atomic mass is 10.1. The smallest absolute Gasteiger partial charge is 0.228 e. The van der Waals surface area contributed by atoms with E-state index in [-0.39, 0.29) is 30.5 Å². The number of primary sulfonamides is 1. The normalized spacial score (nSPS) is 18.4. The second-order valence-corrected chi connectivity index (χ2v) is 7.19. The van der Waals surface area contributed by atoms with E-state index in [0.29, 0.717) is 11.5 Å². The van der Waals surface area contributed by atoms with Gasteiger partial charge in [0.1, 0.15) is 0 Å². The van der Waals surface area contributed by atoms with Crippen LogP contribution in [0.2, 0.25) is 0 Å². The van der Waals surface area contributed by atoms with E-state index in [2.05, 4.69) is 9.97 Å². The molecule has 1 fully saturated rings. The van der Waals surface area contributed by atoms with E-state index < -0.39 is 10.0 Å². The Morgan fingerprint density at radius 3 is 2.52 bits per heavy atom. The summed E-state index contributed by atoms with van der Waals surface area (Å²) in [5, 5.41) is 5.04. The Balaban J connectivity index is 1.76. The predicted molar refractivity (Wildman–Crippen MR) is 85.9 cm³/mol. The maximum atomic E-state index is 12.0. The molecule has 1 aliphatic rings. The van der Waals surface area contributed by atoms with Crippen LogP contribution in [0.15, 0.2) is 42.7 Å². The molecule has 0 aliphatic carbocycles. The number of nitrogens with two attached hydrogens (primary N) is 1. The first-order valence-corrected chi connectivity index (χ1v) is 8.82. The maximum absolute atomic E-state index is 12.0. The van der Waals surface area contributed by atoms with Crippen LogP contribution in [0.5, 0.6) is 0 Å². The van der Waals surface area contributed by atoms with E-state index in [0.717, 1.165) is 5.56 Å². The van der Waals surface area contributed by atoms with Crippen LogP contribution in [0.4, 0.5) is 5.82 Å². The molecule has 2 N–H and O–H groups in total. The van der Waals surface area contributed by atoms with Gasteiger partial charge in [-0.2, -0.15) is 0 Å². The molecule has 3 rings (SSSR count). The van der Waals surface area contributed by atoms with Crippen LogP contribution in [-0.4, -0.2) is 36.6 Å². The Bertz CT molecular complexity index is 806. The molecular weight excluding hydrogens is 316 g/mol. The summed E-state index contributed by atoms with van der Waals surface area (Å²) in [5.74, 6) is -0.259. The molecule has 0 radical (unpaired) electrons. The molecular formula is C15H16N4O3S. The molecule has 1 saturated heterocycles. The Hall–Kier alpha value is -2.32. The van der Waals surface area contributed by atoms with Crippen LogP contribution in [0.25, 0.3) is 11.3 Å². The van der Waals surface area contributed by atoms with Crippen LogP contribution < -0.4 is 10.0 Å². The third kappa shape index (κ3) is 3.72. The lowest BCUT2D eigenvalue weighted by molar-refractivity contribution is -0.117. The molecule has 1 atom stereocenters. The fraction of sp³-hybridized carbons (Fsp3) is 0.267. The minimum absolute atomic E-state index is 0.151. The number of anilines is 1. The Morgan fingerprint density at radius 2 is 1.91 bits per heavy atom. The zero-order chi connectivity index (χ0) is 16.4. The number of nitrogens with zero attached hydrogens (tertiary/aromatic N) is 3. The average molecular weight is 332 g/mol. The topological polar surface area (TPSA) is 106 Å². The minimum Gasteiger partial charge on any atom is -0.295 e. The average Bonchev–Trinajstić information content (AvgIpc) is 2.87. The molecule has 1 aromatic carbocycles. The summed E-state index contributed by atoms with van der Waals surface area (Å²) in [4.78, 5) is 22.1. The van der Waals surface area contributed by atoms with E-state index in [1.54, 1.807) is 6.20 Å². The zero-order valence-corrected chi connectivity index (χ0v) is 13.1. The first-order valence-electron chi connectivity index (χ1n) is 7.11. The van der Waals surface area contributed by atoms with Crippen LogP contribution in [-0.2, 0) is 14.8 Å². The molecule has 7 nitrogen and oxygen atoms in total. The van der Waals surface area contributed by atoms with E-state index in [1.807, 2.05) is 30.3 Å². The van der Waals surface area contributed by atoms with Gasteiger partial charge >= 0.3 is 0 Å². The van der Waals surface area contributed by atoms with Crippen LogP contribution in [0, 0.1) is 5.92 Å². The molecule has 0 bridgehead atoms. The van der Waals surface area contributed by atoms with Crippen molar-refractivity contribution in [1.82, 2.24) is 9.97 Å². The van der Waals surface area contributed by atoms with Gasteiger partial charge in [0.05, 0.1) is 23.8 Å². The van der Waals surface area contributed by atoms with Crippen molar-refractivity contribution in [2.45, 2.75) is 6.42 Å². The van der Waals surface area contributed by atoms with Gasteiger partial charge in [0, 0.05) is 24.4 Å². The highest BCUT2D eigenvalue weighted by atomic mass is 32.2. The van der Waals surface area contributed by atoms with Gasteiger partial charge in [0.15, 0.2) is 5.82 Å². The van der Waals surface area contributed by atoms with Gasteiger partial charge in [-0.3, -0.25) is 14.7 Å². The number of sulfonamides is 1. The van der Waals surface area contributed by atoms with Gasteiger partial charge in [0.25, 0.3) is 0 Å². The zero-order valence-electron chi connectivity index (χ0n) is 12.3. The van der Waals surface area contributed by atoms with Crippen LogP contribution in [0.3, 0.4) is 0 Å². The predicted octanol–water partition coefficient (Wildman–Crippen LogP) is 0.785. The summed E-state index contributed by atoms with van der Waals surface area (Å²) < 4.78 is 22.3. The highest BCUT2D eigenvalue weighted by Gasteiger charge is 2.33. The summed E-state index contributed by atoms with van der Waals surface area (Å²) in [6.07, 6.45) is 3.28. The second kappa shape index (κ2) is 6.05. The summed E-state index contributed by atoms with van der Waals surface area (Å²) in [7, 11) is -3.59. The lowest BCUT2D eigenvalue weighted by Crippen LogP contribution is -2.28. The van der Waals surface area contributed by atoms with Crippen molar-refractivity contribution in [3.8, 4) is 11.3 Å². The van der Waals surface area contributed by atoms with Crippen molar-refractivity contribution in [3.63, 3.8) is 0 Å². The van der Waals surface area contributed by atoms with Gasteiger partial charge in [-0.15, -0.1) is 0 Å². The van der Waals surface area contributed by atoms with Gasteiger partial charge in [-0.25, -0.2) is 18.5 Å². The molecule has 8 heteroatoms. The number of hydrogen-bond donors (Lipinski definition) is 1. The van der Waals surface area contributed by atoms with E-state index in [9.17, 15) is 13.2 Å². The van der Waals surface area contributed by atoms with Crippen molar-refractivity contribution >= 4 is 21.7 Å². The molecule has 1 unspecified atom stereocenters. The highest BCUT2D eigenvalue weighted by Crippen LogP contribution is 2.25. The number of hydrogen-bond acceptors (Lipinski definition) is 5. The van der Waals surface area contributed by atoms with E-state index in [1.165, 1.54) is 11.1 Å². The lowest BCUT2D eigenvalue weighted by Gasteiger charge is -2.15. The van der Waals surface area contributed by atoms with Crippen LogP contribution in [0.1, 0.15) is 6.42 Å². The van der Waals surface area contributed by atoms with Crippen molar-refractivity contribution < 1.29 is 13.2 Å². The standard InChI is InChI=1S/C15H16N4O3S/c16-23(21,22)10-11-6-15(20)19(9-11)14-8-17-13(7-18-14)12-4-2-1-3-5-12/h1-5,7-8,11H,6,9-10H2,(H2,16,21,22). The van der Waals surface area contributed by atoms with Gasteiger partial charge < -0.3 is 0 Å². The number of benzene rings is 1.